The fourth-order valence-corrected chi connectivity index (χ4v) is 4.58. The van der Waals surface area contributed by atoms with E-state index in [1.54, 1.807) is 30.6 Å². The molecule has 2 aromatic carbocycles. The summed E-state index contributed by atoms with van der Waals surface area (Å²) in [6.07, 6.45) is 6.95. The third-order valence-electron chi connectivity index (χ3n) is 5.92. The molecule has 1 saturated heterocycles. The average Bonchev–Trinajstić information content (AvgIpc) is 2.80. The van der Waals surface area contributed by atoms with E-state index in [4.69, 9.17) is 11.6 Å². The second kappa shape index (κ2) is 8.08. The Hall–Kier alpha value is -3.31. The molecule has 5 nitrogen and oxygen atoms in total. The topological polar surface area (TPSA) is 69.2 Å². The molecule has 0 radical (unpaired) electrons. The number of fused-ring (bicyclic) bond motifs is 1. The summed E-state index contributed by atoms with van der Waals surface area (Å²) in [6, 6.07) is 15.4. The third kappa shape index (κ3) is 3.66. The normalized spacial score (nSPS) is 14.2. The number of pyridine rings is 2. The van der Waals surface area contributed by atoms with Crippen LogP contribution in [0.25, 0.3) is 33.2 Å². The molecule has 31 heavy (non-hydrogen) atoms. The van der Waals surface area contributed by atoms with Gasteiger partial charge in [0.25, 0.3) is 5.56 Å². The second-order valence-electron chi connectivity index (χ2n) is 7.89. The van der Waals surface area contributed by atoms with Crippen LogP contribution in [-0.2, 0) is 0 Å². The smallest absolute Gasteiger partial charge is 0.260 e. The number of aromatic nitrogens is 2. The van der Waals surface area contributed by atoms with Crippen LogP contribution in [0.1, 0.15) is 19.3 Å². The van der Waals surface area contributed by atoms with Gasteiger partial charge >= 0.3 is 0 Å². The maximum Gasteiger partial charge on any atom is 0.260 e. The SMILES string of the molecule is O=c1[nH]c2cc(Cl)c(-c3ccc(N4CCCCC4)cc3)cc2c(O)c1-c1cccnc1. The highest BCUT2D eigenvalue weighted by atomic mass is 35.5. The molecule has 0 saturated carbocycles. The number of H-pyrrole nitrogens is 1. The lowest BCUT2D eigenvalue weighted by Gasteiger charge is -2.28. The molecule has 156 valence electrons. The highest BCUT2D eigenvalue weighted by molar-refractivity contribution is 6.34. The molecule has 1 aliphatic rings. The van der Waals surface area contributed by atoms with Gasteiger partial charge in [-0.3, -0.25) is 9.78 Å². The predicted molar refractivity (Wildman–Crippen MR) is 126 cm³/mol. The van der Waals surface area contributed by atoms with Gasteiger partial charge in [-0.2, -0.15) is 0 Å². The van der Waals surface area contributed by atoms with E-state index in [-0.39, 0.29) is 16.9 Å². The summed E-state index contributed by atoms with van der Waals surface area (Å²) in [6.45, 7) is 2.18. The van der Waals surface area contributed by atoms with Crippen LogP contribution in [0.2, 0.25) is 5.02 Å². The van der Waals surface area contributed by atoms with Crippen molar-refractivity contribution in [2.45, 2.75) is 19.3 Å². The van der Waals surface area contributed by atoms with Crippen molar-refractivity contribution >= 4 is 28.2 Å². The molecule has 5 rings (SSSR count). The maximum atomic E-state index is 12.6. The number of nitrogens with one attached hydrogen (secondary N) is 1. The predicted octanol–water partition coefficient (Wildman–Crippen LogP) is 5.61. The number of anilines is 1. The van der Waals surface area contributed by atoms with Crippen LogP contribution < -0.4 is 10.5 Å². The Bertz CT molecular complexity index is 1290. The first kappa shape index (κ1) is 19.6. The molecule has 2 N–H and O–H groups in total. The first-order valence-corrected chi connectivity index (χ1v) is 10.8. The average molecular weight is 432 g/mol. The zero-order valence-electron chi connectivity index (χ0n) is 16.9. The third-order valence-corrected chi connectivity index (χ3v) is 6.24. The molecule has 3 heterocycles. The number of nitrogens with zero attached hydrogens (tertiary/aromatic N) is 2. The minimum Gasteiger partial charge on any atom is -0.506 e. The van der Waals surface area contributed by atoms with E-state index in [1.165, 1.54) is 24.9 Å². The van der Waals surface area contributed by atoms with E-state index in [0.29, 0.717) is 21.5 Å². The summed E-state index contributed by atoms with van der Waals surface area (Å²) in [5.41, 5.74) is 3.85. The van der Waals surface area contributed by atoms with E-state index < -0.39 is 0 Å². The summed E-state index contributed by atoms with van der Waals surface area (Å²) in [5.74, 6) is -0.0744. The Kier molecular flexibility index (Phi) is 5.12. The monoisotopic (exact) mass is 431 g/mol. The van der Waals surface area contributed by atoms with Crippen LogP contribution in [0.3, 0.4) is 0 Å². The van der Waals surface area contributed by atoms with E-state index in [1.807, 2.05) is 6.07 Å². The largest absolute Gasteiger partial charge is 0.506 e. The number of halogens is 1. The molecule has 1 aliphatic heterocycles. The highest BCUT2D eigenvalue weighted by Gasteiger charge is 2.17. The lowest BCUT2D eigenvalue weighted by molar-refractivity contribution is 0.482. The summed E-state index contributed by atoms with van der Waals surface area (Å²) < 4.78 is 0. The van der Waals surface area contributed by atoms with Crippen molar-refractivity contribution in [3.05, 3.63) is 76.3 Å². The van der Waals surface area contributed by atoms with Gasteiger partial charge in [0.15, 0.2) is 0 Å². The first-order chi connectivity index (χ1) is 15.1. The maximum absolute atomic E-state index is 12.6. The van der Waals surface area contributed by atoms with Crippen molar-refractivity contribution < 1.29 is 5.11 Å². The molecule has 6 heteroatoms. The van der Waals surface area contributed by atoms with Gasteiger partial charge in [0.05, 0.1) is 16.1 Å². The molecular weight excluding hydrogens is 410 g/mol. The molecule has 4 aromatic rings. The molecule has 0 atom stereocenters. The quantitative estimate of drug-likeness (QED) is 0.442. The standard InChI is InChI=1S/C25H22ClN3O2/c26-21-14-22-20(24(30)23(25(31)28-22)17-5-4-10-27-15-17)13-19(21)16-6-8-18(9-7-16)29-11-2-1-3-12-29/h4-10,13-15H,1-3,11-12H2,(H2,28,30,31). The van der Waals surface area contributed by atoms with E-state index in [0.717, 1.165) is 24.2 Å². The zero-order valence-corrected chi connectivity index (χ0v) is 17.7. The lowest BCUT2D eigenvalue weighted by Crippen LogP contribution is -2.29. The van der Waals surface area contributed by atoms with Crippen LogP contribution in [0.5, 0.6) is 5.75 Å². The zero-order chi connectivity index (χ0) is 21.4. The molecule has 1 fully saturated rings. The Morgan fingerprint density at radius 1 is 1.00 bits per heavy atom. The van der Waals surface area contributed by atoms with Crippen molar-refractivity contribution in [3.8, 4) is 28.0 Å². The number of aromatic hydroxyl groups is 1. The highest BCUT2D eigenvalue weighted by Crippen LogP contribution is 2.38. The van der Waals surface area contributed by atoms with Crippen LogP contribution in [0, 0.1) is 0 Å². The number of aromatic amines is 1. The van der Waals surface area contributed by atoms with E-state index >= 15 is 0 Å². The number of hydrogen-bond donors (Lipinski definition) is 2. The van der Waals surface area contributed by atoms with Gasteiger partial charge < -0.3 is 15.0 Å². The van der Waals surface area contributed by atoms with Crippen LogP contribution in [-0.4, -0.2) is 28.2 Å². The number of piperidine rings is 1. The molecule has 0 amide bonds. The van der Waals surface area contributed by atoms with Gasteiger partial charge in [0.1, 0.15) is 5.75 Å². The van der Waals surface area contributed by atoms with Crippen LogP contribution in [0.4, 0.5) is 5.69 Å². The van der Waals surface area contributed by atoms with Crippen LogP contribution in [0.15, 0.2) is 65.7 Å². The van der Waals surface area contributed by atoms with Crippen molar-refractivity contribution in [2.24, 2.45) is 0 Å². The fourth-order valence-electron chi connectivity index (χ4n) is 4.30. The summed E-state index contributed by atoms with van der Waals surface area (Å²) in [5, 5.41) is 12.0. The van der Waals surface area contributed by atoms with Crippen molar-refractivity contribution in [2.75, 3.05) is 18.0 Å². The Labute approximate surface area is 185 Å². The lowest BCUT2D eigenvalue weighted by atomic mass is 9.99. The fraction of sp³-hybridized carbons (Fsp3) is 0.200. The van der Waals surface area contributed by atoms with E-state index in [9.17, 15) is 9.90 Å². The Balaban J connectivity index is 1.59. The van der Waals surface area contributed by atoms with Gasteiger partial charge in [0.2, 0.25) is 0 Å². The molecule has 0 spiro atoms. The molecular formula is C25H22ClN3O2. The Morgan fingerprint density at radius 3 is 2.48 bits per heavy atom. The molecule has 0 unspecified atom stereocenters. The first-order valence-electron chi connectivity index (χ1n) is 10.5. The minimum atomic E-state index is -0.382. The number of benzene rings is 2. The molecule has 0 bridgehead atoms. The van der Waals surface area contributed by atoms with Crippen molar-refractivity contribution in [1.29, 1.82) is 0 Å². The summed E-state index contributed by atoms with van der Waals surface area (Å²) in [4.78, 5) is 21.9. The summed E-state index contributed by atoms with van der Waals surface area (Å²) >= 11 is 6.56. The minimum absolute atomic E-state index is 0.0744. The molecule has 0 aliphatic carbocycles. The van der Waals surface area contributed by atoms with Gasteiger partial charge in [0, 0.05) is 47.7 Å². The van der Waals surface area contributed by atoms with Gasteiger partial charge in [-0.25, -0.2) is 0 Å². The van der Waals surface area contributed by atoms with Crippen molar-refractivity contribution in [1.82, 2.24) is 9.97 Å². The summed E-state index contributed by atoms with van der Waals surface area (Å²) in [7, 11) is 0. The second-order valence-corrected chi connectivity index (χ2v) is 8.30. The number of hydrogen-bond acceptors (Lipinski definition) is 4. The molecule has 2 aromatic heterocycles. The van der Waals surface area contributed by atoms with Crippen molar-refractivity contribution in [3.63, 3.8) is 0 Å². The Morgan fingerprint density at radius 2 is 1.77 bits per heavy atom. The van der Waals surface area contributed by atoms with Gasteiger partial charge in [-0.15, -0.1) is 0 Å². The van der Waals surface area contributed by atoms with Gasteiger partial charge in [-0.05, 0) is 55.2 Å². The van der Waals surface area contributed by atoms with E-state index in [2.05, 4.69) is 39.1 Å². The van der Waals surface area contributed by atoms with Crippen LogP contribution >= 0.6 is 11.6 Å². The number of rotatable bonds is 3. The van der Waals surface area contributed by atoms with Gasteiger partial charge in [-0.1, -0.05) is 29.8 Å².